The molecule has 0 amide bonds. The normalized spacial score (nSPS) is 21.6. The maximum atomic E-state index is 5.81. The second-order valence-corrected chi connectivity index (χ2v) is 5.20. The molecule has 1 aliphatic rings. The van der Waals surface area contributed by atoms with E-state index in [4.69, 9.17) is 9.26 Å². The molecule has 1 fully saturated rings. The average molecular weight is 279 g/mol. The molecule has 20 heavy (non-hydrogen) atoms. The van der Waals surface area contributed by atoms with E-state index in [1.807, 2.05) is 13.0 Å². The Kier molecular flexibility index (Phi) is 6.08. The predicted octanol–water partition coefficient (Wildman–Crippen LogP) is 2.13. The minimum absolute atomic E-state index is 0.323. The van der Waals surface area contributed by atoms with E-state index in [1.165, 1.54) is 0 Å². The van der Waals surface area contributed by atoms with Crippen LogP contribution in [0.2, 0.25) is 0 Å². The van der Waals surface area contributed by atoms with Crippen molar-refractivity contribution in [3.63, 3.8) is 0 Å². The minimum atomic E-state index is 0.323. The van der Waals surface area contributed by atoms with Gasteiger partial charge in [0.2, 0.25) is 0 Å². The van der Waals surface area contributed by atoms with Gasteiger partial charge in [0.1, 0.15) is 17.6 Å². The molecule has 2 heterocycles. The van der Waals surface area contributed by atoms with Crippen molar-refractivity contribution in [1.82, 2.24) is 10.5 Å². The van der Waals surface area contributed by atoms with Gasteiger partial charge in [-0.3, -0.25) is 0 Å². The molecule has 5 heteroatoms. The fraction of sp³-hybridized carbons (Fsp3) is 0.667. The molecule has 1 N–H and O–H groups in total. The molecule has 112 valence electrons. The highest BCUT2D eigenvalue weighted by Crippen LogP contribution is 2.19. The summed E-state index contributed by atoms with van der Waals surface area (Å²) in [5.41, 5.74) is 2.07. The Labute approximate surface area is 121 Å². The first-order chi connectivity index (χ1) is 9.81. The smallest absolute Gasteiger partial charge is 0.147 e. The zero-order valence-electron chi connectivity index (χ0n) is 12.3. The summed E-state index contributed by atoms with van der Waals surface area (Å²) in [6, 6.07) is 0. The van der Waals surface area contributed by atoms with Gasteiger partial charge in [-0.1, -0.05) is 11.2 Å². The van der Waals surface area contributed by atoms with Crippen molar-refractivity contribution < 1.29 is 9.26 Å². The lowest BCUT2D eigenvalue weighted by Gasteiger charge is -2.27. The van der Waals surface area contributed by atoms with Gasteiger partial charge in [0.25, 0.3) is 0 Å². The van der Waals surface area contributed by atoms with E-state index in [0.29, 0.717) is 12.7 Å². The first-order valence-electron chi connectivity index (χ1n) is 7.40. The number of anilines is 1. The van der Waals surface area contributed by atoms with E-state index in [-0.39, 0.29) is 0 Å². The van der Waals surface area contributed by atoms with Crippen molar-refractivity contribution in [1.29, 1.82) is 0 Å². The standard InChI is InChI=1S/C15H25N3O2/c1-3-11-19-14-5-4-9-18(10-8-16-7-6-14)15-12-20-17-13(15)2/h3,12,14,16H,1,4-11H2,2H3. The van der Waals surface area contributed by atoms with E-state index in [2.05, 4.69) is 22.0 Å². The number of nitrogens with zero attached hydrogens (tertiary/aromatic N) is 2. The van der Waals surface area contributed by atoms with Crippen LogP contribution >= 0.6 is 0 Å². The third kappa shape index (κ3) is 4.35. The molecule has 1 aliphatic heterocycles. The van der Waals surface area contributed by atoms with Gasteiger partial charge in [0.15, 0.2) is 0 Å². The summed E-state index contributed by atoms with van der Waals surface area (Å²) in [5.74, 6) is 0. The average Bonchev–Trinajstić information content (AvgIpc) is 2.88. The lowest BCUT2D eigenvalue weighted by atomic mass is 10.1. The van der Waals surface area contributed by atoms with E-state index >= 15 is 0 Å². The number of ether oxygens (including phenoxy) is 1. The molecule has 1 saturated heterocycles. The molecular formula is C15H25N3O2. The molecule has 5 nitrogen and oxygen atoms in total. The topological polar surface area (TPSA) is 50.5 Å². The number of nitrogens with one attached hydrogen (secondary N) is 1. The highest BCUT2D eigenvalue weighted by molar-refractivity contribution is 5.47. The van der Waals surface area contributed by atoms with Gasteiger partial charge in [0, 0.05) is 19.6 Å². The van der Waals surface area contributed by atoms with Gasteiger partial charge in [-0.15, -0.1) is 6.58 Å². The summed E-state index contributed by atoms with van der Waals surface area (Å²) in [5, 5.41) is 7.44. The van der Waals surface area contributed by atoms with Crippen LogP contribution in [-0.2, 0) is 4.74 Å². The molecule has 0 saturated carbocycles. The van der Waals surface area contributed by atoms with Gasteiger partial charge < -0.3 is 19.5 Å². The van der Waals surface area contributed by atoms with Crippen molar-refractivity contribution >= 4 is 5.69 Å². The molecule has 1 atom stereocenters. The Morgan fingerprint density at radius 1 is 1.50 bits per heavy atom. The monoisotopic (exact) mass is 279 g/mol. The lowest BCUT2D eigenvalue weighted by molar-refractivity contribution is 0.0600. The Bertz CT molecular complexity index is 406. The summed E-state index contributed by atoms with van der Waals surface area (Å²) in [4.78, 5) is 2.34. The predicted molar refractivity (Wildman–Crippen MR) is 80.1 cm³/mol. The summed E-state index contributed by atoms with van der Waals surface area (Å²) >= 11 is 0. The molecule has 0 aliphatic carbocycles. The highest BCUT2D eigenvalue weighted by Gasteiger charge is 2.15. The van der Waals surface area contributed by atoms with Crippen LogP contribution < -0.4 is 10.2 Å². The van der Waals surface area contributed by atoms with E-state index in [0.717, 1.165) is 56.8 Å². The first-order valence-corrected chi connectivity index (χ1v) is 7.40. The van der Waals surface area contributed by atoms with Crippen LogP contribution in [0.15, 0.2) is 23.4 Å². The van der Waals surface area contributed by atoms with Crippen molar-refractivity contribution in [2.45, 2.75) is 32.3 Å². The zero-order chi connectivity index (χ0) is 14.2. The Morgan fingerprint density at radius 3 is 3.15 bits per heavy atom. The van der Waals surface area contributed by atoms with Crippen LogP contribution in [0, 0.1) is 6.92 Å². The quantitative estimate of drug-likeness (QED) is 0.856. The Morgan fingerprint density at radius 2 is 2.40 bits per heavy atom. The van der Waals surface area contributed by atoms with Crippen LogP contribution in [-0.4, -0.2) is 44.0 Å². The maximum absolute atomic E-state index is 5.81. The summed E-state index contributed by atoms with van der Waals surface area (Å²) in [6.07, 6.45) is 7.15. The number of hydrogen-bond acceptors (Lipinski definition) is 5. The molecule has 0 aromatic carbocycles. The van der Waals surface area contributed by atoms with E-state index in [1.54, 1.807) is 6.26 Å². The second-order valence-electron chi connectivity index (χ2n) is 5.20. The number of aromatic nitrogens is 1. The molecule has 1 aromatic rings. The van der Waals surface area contributed by atoms with Gasteiger partial charge in [-0.2, -0.15) is 0 Å². The largest absolute Gasteiger partial charge is 0.374 e. The summed E-state index contributed by atoms with van der Waals surface area (Å²) in [6.45, 7) is 10.3. The van der Waals surface area contributed by atoms with Crippen molar-refractivity contribution in [3.05, 3.63) is 24.6 Å². The van der Waals surface area contributed by atoms with Crippen molar-refractivity contribution in [2.75, 3.05) is 37.7 Å². The third-order valence-corrected chi connectivity index (χ3v) is 3.67. The summed E-state index contributed by atoms with van der Waals surface area (Å²) < 4.78 is 10.9. The molecule has 1 aromatic heterocycles. The van der Waals surface area contributed by atoms with Crippen LogP contribution in [0.25, 0.3) is 0 Å². The van der Waals surface area contributed by atoms with Crippen LogP contribution in [0.1, 0.15) is 25.0 Å². The van der Waals surface area contributed by atoms with Gasteiger partial charge in [-0.05, 0) is 32.7 Å². The van der Waals surface area contributed by atoms with Gasteiger partial charge in [-0.25, -0.2) is 0 Å². The van der Waals surface area contributed by atoms with E-state index < -0.39 is 0 Å². The molecular weight excluding hydrogens is 254 g/mol. The summed E-state index contributed by atoms with van der Waals surface area (Å²) in [7, 11) is 0. The molecule has 1 unspecified atom stereocenters. The first kappa shape index (κ1) is 15.1. The Balaban J connectivity index is 1.91. The zero-order valence-corrected chi connectivity index (χ0v) is 12.3. The van der Waals surface area contributed by atoms with Crippen molar-refractivity contribution in [3.8, 4) is 0 Å². The fourth-order valence-electron chi connectivity index (χ4n) is 2.57. The van der Waals surface area contributed by atoms with Gasteiger partial charge >= 0.3 is 0 Å². The maximum Gasteiger partial charge on any atom is 0.147 e. The second kappa shape index (κ2) is 8.07. The Hall–Kier alpha value is -1.33. The van der Waals surface area contributed by atoms with Crippen LogP contribution in [0.5, 0.6) is 0 Å². The van der Waals surface area contributed by atoms with Crippen LogP contribution in [0.4, 0.5) is 5.69 Å². The SMILES string of the molecule is C=CCOC1CCCN(c2conc2C)CCNCC1. The minimum Gasteiger partial charge on any atom is -0.374 e. The third-order valence-electron chi connectivity index (χ3n) is 3.67. The molecule has 2 rings (SSSR count). The number of rotatable bonds is 4. The van der Waals surface area contributed by atoms with Crippen molar-refractivity contribution in [2.24, 2.45) is 0 Å². The van der Waals surface area contributed by atoms with Crippen LogP contribution in [0.3, 0.4) is 0 Å². The fourth-order valence-corrected chi connectivity index (χ4v) is 2.57. The molecule has 0 spiro atoms. The van der Waals surface area contributed by atoms with Gasteiger partial charge in [0.05, 0.1) is 12.7 Å². The lowest BCUT2D eigenvalue weighted by Crippen LogP contribution is -2.36. The number of aryl methyl sites for hydroxylation is 1. The molecule has 0 radical (unpaired) electrons. The molecule has 0 bridgehead atoms. The van der Waals surface area contributed by atoms with E-state index in [9.17, 15) is 0 Å². The highest BCUT2D eigenvalue weighted by atomic mass is 16.5. The number of hydrogen-bond donors (Lipinski definition) is 1.